The molecule has 11 heavy (non-hydrogen) atoms. The maximum absolute atomic E-state index is 12.7. The van der Waals surface area contributed by atoms with Gasteiger partial charge in [0.2, 0.25) is 0 Å². The van der Waals surface area contributed by atoms with Gasteiger partial charge in [0, 0.05) is 6.07 Å². The lowest BCUT2D eigenvalue weighted by atomic mass is 10.3. The van der Waals surface area contributed by atoms with Crippen molar-refractivity contribution in [2.24, 2.45) is 0 Å². The highest BCUT2D eigenvalue weighted by Crippen LogP contribution is 2.14. The zero-order valence-electron chi connectivity index (χ0n) is 5.64. The summed E-state index contributed by atoms with van der Waals surface area (Å²) in [7, 11) is 0. The van der Waals surface area contributed by atoms with Gasteiger partial charge in [0.25, 0.3) is 0 Å². The Morgan fingerprint density at radius 2 is 2.09 bits per heavy atom. The SMILES string of the molecule is Fc1ccc(NCS)c(F)c1. The van der Waals surface area contributed by atoms with Gasteiger partial charge in [0.15, 0.2) is 0 Å². The molecule has 1 N–H and O–H groups in total. The van der Waals surface area contributed by atoms with Gasteiger partial charge in [-0.1, -0.05) is 0 Å². The van der Waals surface area contributed by atoms with Crippen molar-refractivity contribution >= 4 is 18.3 Å². The van der Waals surface area contributed by atoms with Crippen LogP contribution in [0.1, 0.15) is 0 Å². The third-order valence-corrected chi connectivity index (χ3v) is 1.36. The molecule has 0 atom stereocenters. The molecule has 0 heterocycles. The van der Waals surface area contributed by atoms with E-state index in [1.165, 1.54) is 12.1 Å². The normalized spacial score (nSPS) is 9.73. The van der Waals surface area contributed by atoms with E-state index in [1.807, 2.05) is 0 Å². The van der Waals surface area contributed by atoms with Crippen LogP contribution in [0.4, 0.5) is 14.5 Å². The molecule has 0 spiro atoms. The predicted octanol–water partition coefficient (Wildman–Crippen LogP) is 2.26. The predicted molar refractivity (Wildman–Crippen MR) is 43.8 cm³/mol. The van der Waals surface area contributed by atoms with Crippen LogP contribution < -0.4 is 5.32 Å². The van der Waals surface area contributed by atoms with Crippen LogP contribution in [0.25, 0.3) is 0 Å². The zero-order valence-corrected chi connectivity index (χ0v) is 6.54. The van der Waals surface area contributed by atoms with E-state index in [0.29, 0.717) is 5.88 Å². The van der Waals surface area contributed by atoms with Crippen LogP contribution >= 0.6 is 12.6 Å². The van der Waals surface area contributed by atoms with Crippen molar-refractivity contribution < 1.29 is 8.78 Å². The van der Waals surface area contributed by atoms with E-state index in [-0.39, 0.29) is 5.69 Å². The molecule has 0 saturated heterocycles. The number of thiol groups is 1. The first-order chi connectivity index (χ1) is 5.24. The molecule has 0 saturated carbocycles. The molecule has 1 nitrogen and oxygen atoms in total. The van der Waals surface area contributed by atoms with Crippen LogP contribution in [0.3, 0.4) is 0 Å². The molecule has 1 aromatic carbocycles. The van der Waals surface area contributed by atoms with Gasteiger partial charge < -0.3 is 5.32 Å². The number of rotatable bonds is 2. The van der Waals surface area contributed by atoms with E-state index in [0.717, 1.165) is 6.07 Å². The van der Waals surface area contributed by atoms with Gasteiger partial charge in [-0.15, -0.1) is 0 Å². The summed E-state index contributed by atoms with van der Waals surface area (Å²) in [6.45, 7) is 0. The largest absolute Gasteiger partial charge is 0.374 e. The molecule has 0 radical (unpaired) electrons. The first-order valence-electron chi connectivity index (χ1n) is 3.04. The molecule has 0 amide bonds. The Hall–Kier alpha value is -0.770. The number of hydrogen-bond acceptors (Lipinski definition) is 2. The molecular formula is C7H7F2NS. The summed E-state index contributed by atoms with van der Waals surface area (Å²) < 4.78 is 25.0. The lowest BCUT2D eigenvalue weighted by Gasteiger charge is -2.02. The Labute approximate surface area is 68.8 Å². The number of benzene rings is 1. The van der Waals surface area contributed by atoms with Gasteiger partial charge in [0.1, 0.15) is 11.6 Å². The summed E-state index contributed by atoms with van der Waals surface area (Å²) in [5.74, 6) is -0.853. The van der Waals surface area contributed by atoms with Gasteiger partial charge in [-0.3, -0.25) is 0 Å². The van der Waals surface area contributed by atoms with Gasteiger partial charge in [-0.2, -0.15) is 12.6 Å². The summed E-state index contributed by atoms with van der Waals surface area (Å²) in [6, 6.07) is 3.35. The molecule has 0 fully saturated rings. The van der Waals surface area contributed by atoms with Crippen molar-refractivity contribution in [3.63, 3.8) is 0 Å². The van der Waals surface area contributed by atoms with Crippen molar-refractivity contribution in [3.8, 4) is 0 Å². The van der Waals surface area contributed by atoms with Crippen molar-refractivity contribution in [2.75, 3.05) is 11.2 Å². The molecule has 0 unspecified atom stereocenters. The van der Waals surface area contributed by atoms with E-state index in [9.17, 15) is 8.78 Å². The number of hydrogen-bond donors (Lipinski definition) is 2. The minimum Gasteiger partial charge on any atom is -0.374 e. The molecule has 1 rings (SSSR count). The quantitative estimate of drug-likeness (QED) is 0.519. The molecule has 4 heteroatoms. The fraction of sp³-hybridized carbons (Fsp3) is 0.143. The van der Waals surface area contributed by atoms with Crippen LogP contribution in [0, 0.1) is 11.6 Å². The number of anilines is 1. The standard InChI is InChI=1S/C7H7F2NS/c8-5-1-2-7(10-4-11)6(9)3-5/h1-3,10-11H,4H2. The first kappa shape index (κ1) is 8.33. The second kappa shape index (κ2) is 3.57. The highest BCUT2D eigenvalue weighted by Gasteiger charge is 2.00. The van der Waals surface area contributed by atoms with Crippen molar-refractivity contribution in [1.29, 1.82) is 0 Å². The lowest BCUT2D eigenvalue weighted by Crippen LogP contribution is -1.97. The topological polar surface area (TPSA) is 12.0 Å². The second-order valence-corrected chi connectivity index (χ2v) is 2.28. The summed E-state index contributed by atoms with van der Waals surface area (Å²) in [4.78, 5) is 0. The van der Waals surface area contributed by atoms with E-state index in [4.69, 9.17) is 0 Å². The van der Waals surface area contributed by atoms with Crippen LogP contribution in [-0.4, -0.2) is 5.88 Å². The average molecular weight is 175 g/mol. The third-order valence-electron chi connectivity index (χ3n) is 1.20. The van der Waals surface area contributed by atoms with E-state index in [2.05, 4.69) is 17.9 Å². The Morgan fingerprint density at radius 3 is 2.64 bits per heavy atom. The summed E-state index contributed by atoms with van der Waals surface area (Å²) in [5.41, 5.74) is 0.265. The van der Waals surface area contributed by atoms with Crippen molar-refractivity contribution in [2.45, 2.75) is 0 Å². The Kier molecular flexibility index (Phi) is 2.70. The van der Waals surface area contributed by atoms with Gasteiger partial charge in [-0.25, -0.2) is 8.78 Å². The highest BCUT2D eigenvalue weighted by atomic mass is 32.1. The number of halogens is 2. The molecule has 0 bridgehead atoms. The fourth-order valence-corrected chi connectivity index (χ4v) is 0.888. The maximum Gasteiger partial charge on any atom is 0.149 e. The van der Waals surface area contributed by atoms with Crippen LogP contribution in [0.2, 0.25) is 0 Å². The van der Waals surface area contributed by atoms with E-state index in [1.54, 1.807) is 0 Å². The van der Waals surface area contributed by atoms with Crippen molar-refractivity contribution in [1.82, 2.24) is 0 Å². The molecular weight excluding hydrogens is 168 g/mol. The van der Waals surface area contributed by atoms with Crippen LogP contribution in [-0.2, 0) is 0 Å². The Morgan fingerprint density at radius 1 is 1.36 bits per heavy atom. The van der Waals surface area contributed by atoms with Gasteiger partial charge >= 0.3 is 0 Å². The summed E-state index contributed by atoms with van der Waals surface area (Å²) in [5, 5.41) is 2.63. The first-order valence-corrected chi connectivity index (χ1v) is 3.67. The molecule has 0 aliphatic carbocycles. The summed E-state index contributed by atoms with van der Waals surface area (Å²) in [6.07, 6.45) is 0. The smallest absolute Gasteiger partial charge is 0.149 e. The second-order valence-electron chi connectivity index (χ2n) is 1.96. The lowest BCUT2D eigenvalue weighted by molar-refractivity contribution is 0.585. The van der Waals surface area contributed by atoms with Crippen molar-refractivity contribution in [3.05, 3.63) is 29.8 Å². The third kappa shape index (κ3) is 2.08. The average Bonchev–Trinajstić information content (AvgIpc) is 1.95. The maximum atomic E-state index is 12.7. The zero-order chi connectivity index (χ0) is 8.27. The van der Waals surface area contributed by atoms with E-state index < -0.39 is 11.6 Å². The van der Waals surface area contributed by atoms with Gasteiger partial charge in [-0.05, 0) is 12.1 Å². The summed E-state index contributed by atoms with van der Waals surface area (Å²) >= 11 is 3.83. The number of nitrogens with one attached hydrogen (secondary N) is 1. The molecule has 0 aromatic heterocycles. The molecule has 60 valence electrons. The minimum atomic E-state index is -0.598. The van der Waals surface area contributed by atoms with Crippen LogP contribution in [0.5, 0.6) is 0 Å². The highest BCUT2D eigenvalue weighted by molar-refractivity contribution is 7.80. The molecule has 1 aromatic rings. The Bertz CT molecular complexity index is 252. The van der Waals surface area contributed by atoms with E-state index >= 15 is 0 Å². The minimum absolute atomic E-state index is 0.265. The fourth-order valence-electron chi connectivity index (χ4n) is 0.718. The monoisotopic (exact) mass is 175 g/mol. The molecule has 0 aliphatic heterocycles. The Balaban J connectivity index is 2.90. The molecule has 0 aliphatic rings. The van der Waals surface area contributed by atoms with Gasteiger partial charge in [0.05, 0.1) is 11.6 Å². The van der Waals surface area contributed by atoms with Crippen LogP contribution in [0.15, 0.2) is 18.2 Å².